The van der Waals surface area contributed by atoms with E-state index in [2.05, 4.69) is 0 Å². The lowest BCUT2D eigenvalue weighted by Gasteiger charge is -2.18. The van der Waals surface area contributed by atoms with Crippen LogP contribution in [0.5, 0.6) is 17.2 Å². The molecule has 1 aromatic carbocycles. The predicted molar refractivity (Wildman–Crippen MR) is 73.2 cm³/mol. The van der Waals surface area contributed by atoms with Gasteiger partial charge in [0.15, 0.2) is 23.1 Å². The van der Waals surface area contributed by atoms with Crippen molar-refractivity contribution in [1.29, 1.82) is 0 Å². The van der Waals surface area contributed by atoms with E-state index in [1.54, 1.807) is 0 Å². The standard InChI is InChI=1S/C13H14O11/c14-1-3(16)8(18)6-5(13(23)24)7(9(19)4(17)2-15)11(21)12(22)10(6)20/h3-4,14-17,20-22H,1-2H2,(H,23,24). The molecule has 8 N–H and O–H groups in total. The molecular formula is C13H14O11. The minimum Gasteiger partial charge on any atom is -0.504 e. The molecule has 132 valence electrons. The van der Waals surface area contributed by atoms with Crippen molar-refractivity contribution in [3.05, 3.63) is 16.7 Å². The van der Waals surface area contributed by atoms with Gasteiger partial charge in [0, 0.05) is 0 Å². The summed E-state index contributed by atoms with van der Waals surface area (Å²) in [7, 11) is 0. The van der Waals surface area contributed by atoms with E-state index in [0.29, 0.717) is 0 Å². The Kier molecular flexibility index (Phi) is 5.82. The largest absolute Gasteiger partial charge is 0.504 e. The number of carbonyl (C=O) groups excluding carboxylic acids is 2. The number of aromatic carboxylic acids is 1. The first-order valence-corrected chi connectivity index (χ1v) is 6.30. The molecule has 2 atom stereocenters. The molecule has 11 nitrogen and oxygen atoms in total. The molecule has 2 unspecified atom stereocenters. The fourth-order valence-electron chi connectivity index (χ4n) is 1.90. The lowest BCUT2D eigenvalue weighted by molar-refractivity contribution is 0.0557. The molecule has 0 saturated heterocycles. The molecule has 0 heterocycles. The summed E-state index contributed by atoms with van der Waals surface area (Å²) in [5, 5.41) is 74.4. The van der Waals surface area contributed by atoms with Crippen molar-refractivity contribution in [3.8, 4) is 17.2 Å². The minimum absolute atomic E-state index is 1.17. The third kappa shape index (κ3) is 3.14. The van der Waals surface area contributed by atoms with Crippen LogP contribution in [-0.2, 0) is 0 Å². The number of hydrogen-bond donors (Lipinski definition) is 8. The lowest BCUT2D eigenvalue weighted by Crippen LogP contribution is -2.30. The maximum absolute atomic E-state index is 12.0. The van der Waals surface area contributed by atoms with Crippen molar-refractivity contribution in [3.63, 3.8) is 0 Å². The number of benzene rings is 1. The summed E-state index contributed by atoms with van der Waals surface area (Å²) in [4.78, 5) is 35.3. The van der Waals surface area contributed by atoms with E-state index < -0.39 is 76.9 Å². The number of phenolic OH excluding ortho intramolecular Hbond substituents is 3. The van der Waals surface area contributed by atoms with Gasteiger partial charge in [0.1, 0.15) is 12.2 Å². The highest BCUT2D eigenvalue weighted by Gasteiger charge is 2.37. The number of carboxylic acid groups (broad SMARTS) is 1. The van der Waals surface area contributed by atoms with Crippen molar-refractivity contribution in [2.45, 2.75) is 12.2 Å². The third-order valence-electron chi connectivity index (χ3n) is 3.08. The summed E-state index contributed by atoms with van der Waals surface area (Å²) in [6, 6.07) is 0. The molecule has 0 aliphatic heterocycles. The van der Waals surface area contributed by atoms with Crippen molar-refractivity contribution < 1.29 is 55.2 Å². The third-order valence-corrected chi connectivity index (χ3v) is 3.08. The first kappa shape index (κ1) is 19.3. The van der Waals surface area contributed by atoms with Gasteiger partial charge in [0.05, 0.1) is 29.9 Å². The van der Waals surface area contributed by atoms with Crippen LogP contribution in [0.1, 0.15) is 31.1 Å². The fraction of sp³-hybridized carbons (Fsp3) is 0.308. The first-order valence-electron chi connectivity index (χ1n) is 6.30. The van der Waals surface area contributed by atoms with Crippen LogP contribution in [-0.4, -0.2) is 83.8 Å². The molecule has 0 amide bonds. The molecule has 0 radical (unpaired) electrons. The second-order valence-corrected chi connectivity index (χ2v) is 4.60. The molecule has 0 aliphatic rings. The molecule has 1 rings (SSSR count). The van der Waals surface area contributed by atoms with Crippen LogP contribution >= 0.6 is 0 Å². The molecule has 11 heteroatoms. The van der Waals surface area contributed by atoms with E-state index in [1.165, 1.54) is 0 Å². The zero-order valence-corrected chi connectivity index (χ0v) is 11.9. The van der Waals surface area contributed by atoms with Gasteiger partial charge in [-0.1, -0.05) is 0 Å². The second kappa shape index (κ2) is 7.23. The van der Waals surface area contributed by atoms with Crippen LogP contribution in [0.3, 0.4) is 0 Å². The Morgan fingerprint density at radius 3 is 1.29 bits per heavy atom. The Morgan fingerprint density at radius 2 is 1.04 bits per heavy atom. The van der Waals surface area contributed by atoms with E-state index in [-0.39, 0.29) is 0 Å². The highest BCUT2D eigenvalue weighted by Crippen LogP contribution is 2.44. The number of phenols is 3. The average Bonchev–Trinajstić information content (AvgIpc) is 2.56. The first-order chi connectivity index (χ1) is 11.1. The van der Waals surface area contributed by atoms with Crippen LogP contribution in [0.25, 0.3) is 0 Å². The number of ketones is 2. The number of carboxylic acids is 1. The molecule has 1 aromatic rings. The second-order valence-electron chi connectivity index (χ2n) is 4.60. The van der Waals surface area contributed by atoms with Gasteiger partial charge in [-0.25, -0.2) is 4.79 Å². The van der Waals surface area contributed by atoms with Gasteiger partial charge in [0.2, 0.25) is 5.75 Å². The highest BCUT2D eigenvalue weighted by atomic mass is 16.4. The van der Waals surface area contributed by atoms with Gasteiger partial charge < -0.3 is 40.9 Å². The Labute approximate surface area is 133 Å². The van der Waals surface area contributed by atoms with Crippen LogP contribution in [0, 0.1) is 0 Å². The monoisotopic (exact) mass is 346 g/mol. The Hall–Kier alpha value is -2.73. The smallest absolute Gasteiger partial charge is 0.337 e. The van der Waals surface area contributed by atoms with Crippen molar-refractivity contribution in [2.24, 2.45) is 0 Å². The van der Waals surface area contributed by atoms with Gasteiger partial charge in [-0.3, -0.25) is 9.59 Å². The van der Waals surface area contributed by atoms with E-state index in [9.17, 15) is 45.0 Å². The normalized spacial score (nSPS) is 13.3. The summed E-state index contributed by atoms with van der Waals surface area (Å²) in [6.45, 7) is -2.33. The van der Waals surface area contributed by atoms with Crippen molar-refractivity contribution in [1.82, 2.24) is 0 Å². The topological polar surface area (TPSA) is 213 Å². The maximum atomic E-state index is 12.0. The van der Waals surface area contributed by atoms with E-state index >= 15 is 0 Å². The van der Waals surface area contributed by atoms with Crippen LogP contribution < -0.4 is 0 Å². The molecular weight excluding hydrogens is 332 g/mol. The predicted octanol–water partition coefficient (Wildman–Crippen LogP) is -2.43. The van der Waals surface area contributed by atoms with Gasteiger partial charge >= 0.3 is 5.97 Å². The number of rotatable bonds is 7. The van der Waals surface area contributed by atoms with Gasteiger partial charge in [-0.15, -0.1) is 0 Å². The van der Waals surface area contributed by atoms with E-state index in [0.717, 1.165) is 0 Å². The molecule has 0 saturated carbocycles. The molecule has 0 aliphatic carbocycles. The highest BCUT2D eigenvalue weighted by molar-refractivity contribution is 6.18. The van der Waals surface area contributed by atoms with Gasteiger partial charge in [-0.05, 0) is 0 Å². The number of hydrogen-bond acceptors (Lipinski definition) is 10. The number of aliphatic hydroxyl groups excluding tert-OH is 4. The molecule has 0 fully saturated rings. The Bertz CT molecular complexity index is 645. The number of carbonyl (C=O) groups is 3. The summed E-state index contributed by atoms with van der Waals surface area (Å²) < 4.78 is 0. The van der Waals surface area contributed by atoms with Crippen LogP contribution in [0.4, 0.5) is 0 Å². The molecule has 0 aromatic heterocycles. The molecule has 0 bridgehead atoms. The number of aliphatic hydroxyl groups is 4. The quantitative estimate of drug-likeness (QED) is 0.192. The Balaban J connectivity index is 3.90. The van der Waals surface area contributed by atoms with Gasteiger partial charge in [-0.2, -0.15) is 0 Å². The maximum Gasteiger partial charge on any atom is 0.337 e. The average molecular weight is 346 g/mol. The summed E-state index contributed by atoms with van der Waals surface area (Å²) in [5.74, 6) is -9.50. The summed E-state index contributed by atoms with van der Waals surface area (Å²) >= 11 is 0. The van der Waals surface area contributed by atoms with Crippen molar-refractivity contribution in [2.75, 3.05) is 13.2 Å². The SMILES string of the molecule is O=C(O)c1c(C(=O)C(O)CO)c(O)c(O)c(O)c1C(=O)C(O)CO. The minimum atomic E-state index is -2.19. The fourth-order valence-corrected chi connectivity index (χ4v) is 1.90. The van der Waals surface area contributed by atoms with E-state index in [1.807, 2.05) is 0 Å². The van der Waals surface area contributed by atoms with Crippen LogP contribution in [0.15, 0.2) is 0 Å². The Morgan fingerprint density at radius 1 is 0.708 bits per heavy atom. The molecule has 24 heavy (non-hydrogen) atoms. The van der Waals surface area contributed by atoms with Crippen molar-refractivity contribution >= 4 is 17.5 Å². The summed E-state index contributed by atoms with van der Waals surface area (Å²) in [6.07, 6.45) is -4.38. The van der Waals surface area contributed by atoms with E-state index in [4.69, 9.17) is 10.2 Å². The number of Topliss-reactive ketones (excluding diaryl/α,β-unsaturated/α-hetero) is 2. The lowest BCUT2D eigenvalue weighted by atomic mass is 9.90. The molecule has 0 spiro atoms. The summed E-state index contributed by atoms with van der Waals surface area (Å²) in [5.41, 5.74) is -3.83. The zero-order chi connectivity index (χ0) is 18.8. The van der Waals surface area contributed by atoms with Crippen LogP contribution in [0.2, 0.25) is 0 Å². The van der Waals surface area contributed by atoms with Gasteiger partial charge in [0.25, 0.3) is 0 Å². The zero-order valence-electron chi connectivity index (χ0n) is 11.9. The number of aromatic hydroxyl groups is 3.